The van der Waals surface area contributed by atoms with Crippen LogP contribution < -0.4 is 4.74 Å². The number of aliphatic hydroxyl groups is 2. The van der Waals surface area contributed by atoms with Gasteiger partial charge in [-0.25, -0.2) is 0 Å². The lowest BCUT2D eigenvalue weighted by Gasteiger charge is -2.69. The second-order valence-electron chi connectivity index (χ2n) is 11.2. The Balaban J connectivity index is 1.66. The minimum atomic E-state index is -1.28. The third kappa shape index (κ3) is 1.77. The van der Waals surface area contributed by atoms with Crippen LogP contribution >= 0.6 is 0 Å². The number of likely N-dealkylation sites (tertiary alicyclic amines) is 1. The third-order valence-corrected chi connectivity index (χ3v) is 9.24. The lowest BCUT2D eigenvalue weighted by atomic mass is 9.44. The molecule has 2 bridgehead atoms. The van der Waals surface area contributed by atoms with Gasteiger partial charge in [0.05, 0.1) is 18.5 Å². The predicted molar refractivity (Wildman–Crippen MR) is 107 cm³/mol. The zero-order valence-electron chi connectivity index (χ0n) is 17.4. The van der Waals surface area contributed by atoms with Gasteiger partial charge in [-0.15, -0.1) is 0 Å². The number of hydrogen-bond donors (Lipinski definition) is 3. The van der Waals surface area contributed by atoms with Crippen molar-refractivity contribution in [2.24, 2.45) is 5.41 Å². The van der Waals surface area contributed by atoms with E-state index in [1.165, 1.54) is 12.8 Å². The number of phenols is 1. The summed E-state index contributed by atoms with van der Waals surface area (Å²) in [7, 11) is 7.17. The van der Waals surface area contributed by atoms with Crippen LogP contribution in [0.15, 0.2) is 24.3 Å². The van der Waals surface area contributed by atoms with Crippen LogP contribution in [-0.4, -0.2) is 55.7 Å². The first-order valence-electron chi connectivity index (χ1n) is 10.7. The molecule has 0 amide bonds. The SMILES string of the molecule is [CH][N+]1(CC2(C)CC2)CCC23c4c5ccc(O)c4OC2C(C)(O)C=CC3(O)C1(C)C5. The van der Waals surface area contributed by atoms with Crippen molar-refractivity contribution in [1.82, 2.24) is 0 Å². The number of hydrogen-bond acceptors (Lipinski definition) is 4. The van der Waals surface area contributed by atoms with Gasteiger partial charge < -0.3 is 24.5 Å². The second-order valence-corrected chi connectivity index (χ2v) is 11.2. The molecule has 1 saturated heterocycles. The molecule has 5 nitrogen and oxygen atoms in total. The summed E-state index contributed by atoms with van der Waals surface area (Å²) in [6.45, 7) is 7.65. The van der Waals surface area contributed by atoms with Crippen LogP contribution in [0.4, 0.5) is 0 Å². The molecule has 2 heterocycles. The maximum Gasteiger partial charge on any atom is 0.207 e. The number of quaternary nitrogens is 1. The molecule has 5 heteroatoms. The quantitative estimate of drug-likeness (QED) is 0.531. The summed E-state index contributed by atoms with van der Waals surface area (Å²) >= 11 is 0. The average Bonchev–Trinajstić information content (AvgIpc) is 3.22. The topological polar surface area (TPSA) is 69.9 Å². The molecule has 3 N–H and O–H groups in total. The number of benzene rings is 1. The van der Waals surface area contributed by atoms with Crippen molar-refractivity contribution in [3.63, 3.8) is 0 Å². The summed E-state index contributed by atoms with van der Waals surface area (Å²) in [5, 5.41) is 34.3. The highest BCUT2D eigenvalue weighted by Crippen LogP contribution is 2.69. The van der Waals surface area contributed by atoms with E-state index in [0.29, 0.717) is 29.6 Å². The fourth-order valence-electron chi connectivity index (χ4n) is 7.29. The number of ether oxygens (including phenoxy) is 1. The molecule has 1 spiro atoms. The lowest BCUT2D eigenvalue weighted by molar-refractivity contribution is -0.955. The minimum absolute atomic E-state index is 0.0684. The van der Waals surface area contributed by atoms with E-state index in [1.807, 2.05) is 6.07 Å². The molecule has 29 heavy (non-hydrogen) atoms. The van der Waals surface area contributed by atoms with Gasteiger partial charge in [-0.05, 0) is 44.4 Å². The Kier molecular flexibility index (Phi) is 2.94. The van der Waals surface area contributed by atoms with Crippen molar-refractivity contribution in [2.75, 3.05) is 13.1 Å². The Hall–Kier alpha value is -1.56. The standard InChI is InChI=1S/C24H30NO4/c1-20(7-8-20)14-25(4)12-11-23-17-15-5-6-16(26)18(17)29-19(23)21(2,27)9-10-24(23,28)22(25,3)13-15/h4-6,9-10,19,26-28H,7-8,11-14H2,1-3H3/q+1. The molecule has 1 aromatic carbocycles. The average molecular weight is 397 g/mol. The summed E-state index contributed by atoms with van der Waals surface area (Å²) in [6.07, 6.45) is 6.35. The third-order valence-electron chi connectivity index (χ3n) is 9.24. The molecule has 2 aliphatic heterocycles. The van der Waals surface area contributed by atoms with Crippen molar-refractivity contribution >= 4 is 0 Å². The molecule has 6 unspecified atom stereocenters. The normalized spacial score (nSPS) is 50.1. The van der Waals surface area contributed by atoms with E-state index in [-0.39, 0.29) is 11.2 Å². The summed E-state index contributed by atoms with van der Waals surface area (Å²) in [4.78, 5) is 0. The first kappa shape index (κ1) is 18.2. The molecule has 0 aromatic heterocycles. The van der Waals surface area contributed by atoms with Crippen molar-refractivity contribution in [2.45, 2.75) is 74.7 Å². The maximum absolute atomic E-state index is 12.5. The Morgan fingerprint density at radius 3 is 2.55 bits per heavy atom. The minimum Gasteiger partial charge on any atom is -0.504 e. The molecular formula is C24H30NO4+. The van der Waals surface area contributed by atoms with Gasteiger partial charge in [0, 0.05) is 23.8 Å². The summed E-state index contributed by atoms with van der Waals surface area (Å²) < 4.78 is 6.57. The second kappa shape index (κ2) is 4.68. The van der Waals surface area contributed by atoms with E-state index in [4.69, 9.17) is 11.8 Å². The molecule has 2 fully saturated rings. The van der Waals surface area contributed by atoms with E-state index in [9.17, 15) is 15.3 Å². The molecule has 1 aromatic rings. The monoisotopic (exact) mass is 396 g/mol. The van der Waals surface area contributed by atoms with Crippen molar-refractivity contribution in [3.8, 4) is 11.5 Å². The Morgan fingerprint density at radius 2 is 1.86 bits per heavy atom. The van der Waals surface area contributed by atoms with E-state index >= 15 is 0 Å². The molecular weight excluding hydrogens is 366 g/mol. The van der Waals surface area contributed by atoms with Crippen LogP contribution in [0.5, 0.6) is 11.5 Å². The molecule has 2 radical (unpaired) electrons. The van der Waals surface area contributed by atoms with E-state index in [1.54, 1.807) is 25.1 Å². The van der Waals surface area contributed by atoms with Gasteiger partial charge in [0.1, 0.15) is 17.2 Å². The highest BCUT2D eigenvalue weighted by Gasteiger charge is 2.81. The predicted octanol–water partition coefficient (Wildman–Crippen LogP) is 2.45. The van der Waals surface area contributed by atoms with Crippen LogP contribution in [0.25, 0.3) is 0 Å². The fourth-order valence-corrected chi connectivity index (χ4v) is 7.29. The van der Waals surface area contributed by atoms with Gasteiger partial charge in [-0.2, -0.15) is 0 Å². The maximum atomic E-state index is 12.5. The molecule has 154 valence electrons. The number of piperidine rings is 1. The zero-order valence-corrected chi connectivity index (χ0v) is 17.4. The van der Waals surface area contributed by atoms with Crippen LogP contribution in [0.2, 0.25) is 0 Å². The Labute approximate surface area is 172 Å². The molecule has 5 aliphatic rings. The molecule has 3 aliphatic carbocycles. The first-order valence-corrected chi connectivity index (χ1v) is 10.7. The number of nitrogens with zero attached hydrogens (tertiary/aromatic N) is 1. The van der Waals surface area contributed by atoms with Gasteiger partial charge in [0.15, 0.2) is 17.1 Å². The zero-order chi connectivity index (χ0) is 20.7. The van der Waals surface area contributed by atoms with Crippen molar-refractivity contribution in [1.29, 1.82) is 0 Å². The molecule has 6 rings (SSSR count). The number of phenolic OH excluding ortho intramolecular Hbond substituents is 1. The first-order chi connectivity index (χ1) is 13.4. The van der Waals surface area contributed by atoms with E-state index in [0.717, 1.165) is 17.7 Å². The highest BCUT2D eigenvalue weighted by atomic mass is 16.5. The molecule has 6 atom stereocenters. The summed E-state index contributed by atoms with van der Waals surface area (Å²) in [6, 6.07) is 3.61. The van der Waals surface area contributed by atoms with Crippen molar-refractivity contribution < 1.29 is 24.5 Å². The summed E-state index contributed by atoms with van der Waals surface area (Å²) in [5.74, 6) is 0.488. The van der Waals surface area contributed by atoms with Gasteiger partial charge in [0.25, 0.3) is 0 Å². The van der Waals surface area contributed by atoms with Crippen LogP contribution in [-0.2, 0) is 11.8 Å². The Morgan fingerprint density at radius 1 is 1.14 bits per heavy atom. The van der Waals surface area contributed by atoms with Crippen LogP contribution in [0.1, 0.15) is 51.2 Å². The molecule has 1 saturated carbocycles. The summed E-state index contributed by atoms with van der Waals surface area (Å²) in [5.41, 5.74) is -1.86. The van der Waals surface area contributed by atoms with E-state index in [2.05, 4.69) is 13.8 Å². The van der Waals surface area contributed by atoms with Crippen LogP contribution in [0.3, 0.4) is 0 Å². The fraction of sp³-hybridized carbons (Fsp3) is 0.625. The largest absolute Gasteiger partial charge is 0.504 e. The van der Waals surface area contributed by atoms with Gasteiger partial charge in [-0.1, -0.05) is 19.1 Å². The van der Waals surface area contributed by atoms with Crippen LogP contribution in [0, 0.1) is 12.5 Å². The highest BCUT2D eigenvalue weighted by molar-refractivity contribution is 5.65. The Bertz CT molecular complexity index is 981. The van der Waals surface area contributed by atoms with Crippen molar-refractivity contribution in [3.05, 3.63) is 42.5 Å². The van der Waals surface area contributed by atoms with E-state index < -0.39 is 28.3 Å². The van der Waals surface area contributed by atoms with Gasteiger partial charge in [-0.3, -0.25) is 0 Å². The number of aromatic hydroxyl groups is 1. The smallest absolute Gasteiger partial charge is 0.207 e. The number of rotatable bonds is 2. The van der Waals surface area contributed by atoms with Gasteiger partial charge >= 0.3 is 0 Å². The lowest BCUT2D eigenvalue weighted by Crippen LogP contribution is -2.86. The van der Waals surface area contributed by atoms with Gasteiger partial charge in [0.2, 0.25) is 7.05 Å².